The van der Waals surface area contributed by atoms with Gasteiger partial charge in [-0.05, 0) is 49.1 Å². The number of carbonyl (C=O) groups is 3. The molecule has 1 aromatic carbocycles. The Bertz CT molecular complexity index is 1300. The van der Waals surface area contributed by atoms with Crippen molar-refractivity contribution in [3.63, 3.8) is 0 Å². The summed E-state index contributed by atoms with van der Waals surface area (Å²) in [5.41, 5.74) is 3.16. The molecule has 2 fully saturated rings. The molecule has 0 saturated carbocycles. The van der Waals surface area contributed by atoms with Crippen LogP contribution in [0.2, 0.25) is 0 Å². The van der Waals surface area contributed by atoms with Gasteiger partial charge in [0.25, 0.3) is 11.8 Å². The van der Waals surface area contributed by atoms with Crippen LogP contribution in [0.5, 0.6) is 5.75 Å². The van der Waals surface area contributed by atoms with Gasteiger partial charge < -0.3 is 24.3 Å². The normalized spacial score (nSPS) is 19.3. The summed E-state index contributed by atoms with van der Waals surface area (Å²) in [6, 6.07) is 9.86. The highest BCUT2D eigenvalue weighted by molar-refractivity contribution is 6.04. The first-order valence-electron chi connectivity index (χ1n) is 11.6. The number of imide groups is 1. The molecule has 10 nitrogen and oxygen atoms in total. The molecule has 2 saturated heterocycles. The molecular formula is C25H27N5O5. The Morgan fingerprint density at radius 1 is 1.06 bits per heavy atom. The predicted octanol–water partition coefficient (Wildman–Crippen LogP) is 2.98. The number of anilines is 1. The first kappa shape index (κ1) is 22.7. The van der Waals surface area contributed by atoms with Gasteiger partial charge in [0.05, 0.1) is 7.11 Å². The summed E-state index contributed by atoms with van der Waals surface area (Å²) in [5, 5.41) is 4.72. The maximum Gasteiger partial charge on any atom is 0.322 e. The van der Waals surface area contributed by atoms with E-state index in [1.165, 1.54) is 19.3 Å². The number of ether oxygens (including phenoxy) is 1. The SMILES string of the molecule is COc1ccc2c(c1)C(=O)N(C)C2.O=C1NC(=O)C(c2cc3nc(N4CCCCC4)ccc3o2)N1. The van der Waals surface area contributed by atoms with Crippen molar-refractivity contribution in [2.75, 3.05) is 32.1 Å². The number of rotatable bonds is 3. The average Bonchev–Trinajstić information content (AvgIpc) is 3.53. The molecule has 2 N–H and O–H groups in total. The van der Waals surface area contributed by atoms with Crippen LogP contribution >= 0.6 is 0 Å². The number of pyridine rings is 1. The van der Waals surface area contributed by atoms with Crippen molar-refractivity contribution < 1.29 is 23.5 Å². The quantitative estimate of drug-likeness (QED) is 0.557. The van der Waals surface area contributed by atoms with Crippen molar-refractivity contribution in [2.45, 2.75) is 31.8 Å². The van der Waals surface area contributed by atoms with Gasteiger partial charge in [0.2, 0.25) is 0 Å². The lowest BCUT2D eigenvalue weighted by Crippen LogP contribution is -2.29. The van der Waals surface area contributed by atoms with Crippen molar-refractivity contribution in [3.05, 3.63) is 53.3 Å². The van der Waals surface area contributed by atoms with Crippen LogP contribution in [-0.4, -0.2) is 55.0 Å². The van der Waals surface area contributed by atoms with E-state index in [0.717, 1.165) is 35.8 Å². The Morgan fingerprint density at radius 2 is 1.86 bits per heavy atom. The molecule has 6 rings (SSSR count). The summed E-state index contributed by atoms with van der Waals surface area (Å²) in [4.78, 5) is 43.0. The molecule has 1 unspecified atom stereocenters. The molecule has 0 radical (unpaired) electrons. The van der Waals surface area contributed by atoms with E-state index in [4.69, 9.17) is 9.15 Å². The predicted molar refractivity (Wildman–Crippen MR) is 128 cm³/mol. The van der Waals surface area contributed by atoms with Gasteiger partial charge in [-0.1, -0.05) is 6.07 Å². The van der Waals surface area contributed by atoms with Gasteiger partial charge in [0.15, 0.2) is 11.6 Å². The summed E-state index contributed by atoms with van der Waals surface area (Å²) < 4.78 is 10.7. The zero-order valence-corrected chi connectivity index (χ0v) is 19.7. The molecular weight excluding hydrogens is 450 g/mol. The first-order chi connectivity index (χ1) is 16.9. The van der Waals surface area contributed by atoms with Gasteiger partial charge in [-0.3, -0.25) is 14.9 Å². The molecule has 4 amide bonds. The van der Waals surface area contributed by atoms with E-state index in [0.29, 0.717) is 23.4 Å². The number of nitrogens with zero attached hydrogens (tertiary/aromatic N) is 3. The first-order valence-corrected chi connectivity index (χ1v) is 11.6. The summed E-state index contributed by atoms with van der Waals surface area (Å²) in [7, 11) is 3.40. The lowest BCUT2D eigenvalue weighted by Gasteiger charge is -2.27. The number of aromatic nitrogens is 1. The number of carbonyl (C=O) groups excluding carboxylic acids is 3. The third-order valence-electron chi connectivity index (χ3n) is 6.42. The van der Waals surface area contributed by atoms with Crippen molar-refractivity contribution in [1.82, 2.24) is 20.5 Å². The van der Waals surface area contributed by atoms with E-state index in [1.807, 2.05) is 24.3 Å². The molecule has 5 heterocycles. The van der Waals surface area contributed by atoms with Crippen molar-refractivity contribution in [1.29, 1.82) is 0 Å². The molecule has 35 heavy (non-hydrogen) atoms. The van der Waals surface area contributed by atoms with Crippen LogP contribution in [-0.2, 0) is 11.3 Å². The Hall–Kier alpha value is -4.08. The lowest BCUT2D eigenvalue weighted by atomic mass is 10.1. The van der Waals surface area contributed by atoms with Crippen LogP contribution in [0, 0.1) is 0 Å². The third-order valence-corrected chi connectivity index (χ3v) is 6.42. The molecule has 0 spiro atoms. The summed E-state index contributed by atoms with van der Waals surface area (Å²) in [5.74, 6) is 1.75. The Labute approximate surface area is 202 Å². The van der Waals surface area contributed by atoms with Crippen molar-refractivity contribution in [2.24, 2.45) is 0 Å². The average molecular weight is 478 g/mol. The minimum atomic E-state index is -0.778. The van der Waals surface area contributed by atoms with E-state index in [2.05, 4.69) is 20.5 Å². The van der Waals surface area contributed by atoms with Gasteiger partial charge in [0.1, 0.15) is 22.8 Å². The molecule has 3 aliphatic heterocycles. The van der Waals surface area contributed by atoms with E-state index in [-0.39, 0.29) is 5.91 Å². The zero-order chi connectivity index (χ0) is 24.5. The van der Waals surface area contributed by atoms with Crippen LogP contribution in [0.3, 0.4) is 0 Å². The second kappa shape index (κ2) is 9.28. The van der Waals surface area contributed by atoms with Crippen LogP contribution in [0.4, 0.5) is 10.6 Å². The number of nitrogens with one attached hydrogen (secondary N) is 2. The number of furan rings is 1. The van der Waals surface area contributed by atoms with Gasteiger partial charge in [0, 0.05) is 38.3 Å². The molecule has 3 aliphatic rings. The fourth-order valence-corrected chi connectivity index (χ4v) is 4.54. The Kier molecular flexibility index (Phi) is 6.02. The number of amides is 4. The Morgan fingerprint density at radius 3 is 2.57 bits per heavy atom. The fraction of sp³-hybridized carbons (Fsp3) is 0.360. The van der Waals surface area contributed by atoms with E-state index in [1.54, 1.807) is 31.2 Å². The number of hydrogen-bond donors (Lipinski definition) is 2. The second-order valence-corrected chi connectivity index (χ2v) is 8.83. The molecule has 0 bridgehead atoms. The number of piperidine rings is 1. The maximum atomic E-state index is 11.7. The minimum absolute atomic E-state index is 0.0777. The third kappa shape index (κ3) is 4.51. The smallest absolute Gasteiger partial charge is 0.322 e. The topological polar surface area (TPSA) is 117 Å². The molecule has 1 atom stereocenters. The van der Waals surface area contributed by atoms with Crippen molar-refractivity contribution in [3.8, 4) is 5.75 Å². The van der Waals surface area contributed by atoms with Crippen LogP contribution < -0.4 is 20.3 Å². The van der Waals surface area contributed by atoms with Gasteiger partial charge in [-0.15, -0.1) is 0 Å². The highest BCUT2D eigenvalue weighted by Gasteiger charge is 2.33. The van der Waals surface area contributed by atoms with Gasteiger partial charge in [-0.25, -0.2) is 9.78 Å². The number of urea groups is 1. The van der Waals surface area contributed by atoms with Gasteiger partial charge in [-0.2, -0.15) is 0 Å². The summed E-state index contributed by atoms with van der Waals surface area (Å²) in [6.07, 6.45) is 3.64. The van der Waals surface area contributed by atoms with E-state index >= 15 is 0 Å². The zero-order valence-electron chi connectivity index (χ0n) is 19.7. The van der Waals surface area contributed by atoms with Crippen LogP contribution in [0.25, 0.3) is 11.1 Å². The summed E-state index contributed by atoms with van der Waals surface area (Å²) in [6.45, 7) is 2.74. The van der Waals surface area contributed by atoms with Crippen molar-refractivity contribution >= 4 is 34.8 Å². The van der Waals surface area contributed by atoms with E-state index < -0.39 is 18.0 Å². The van der Waals surface area contributed by atoms with Crippen LogP contribution in [0.1, 0.15) is 47.0 Å². The fourth-order valence-electron chi connectivity index (χ4n) is 4.54. The number of hydrogen-bond acceptors (Lipinski definition) is 7. The largest absolute Gasteiger partial charge is 0.497 e. The highest BCUT2D eigenvalue weighted by atomic mass is 16.5. The standard InChI is InChI=1S/C15H16N4O3.C10H11NO2/c20-14-13(17-15(21)18-14)11-8-9-10(22-11)4-5-12(16-9)19-6-2-1-3-7-19;1-11-6-7-3-4-8(13-2)5-9(7)10(11)12/h4-5,8,13H,1-3,6-7H2,(H2,17,18,20,21);3-5H,6H2,1-2H3. The number of fused-ring (bicyclic) bond motifs is 2. The molecule has 2 aromatic heterocycles. The highest BCUT2D eigenvalue weighted by Crippen LogP contribution is 2.28. The monoisotopic (exact) mass is 477 g/mol. The van der Waals surface area contributed by atoms with Gasteiger partial charge >= 0.3 is 6.03 Å². The lowest BCUT2D eigenvalue weighted by molar-refractivity contribution is -0.120. The maximum absolute atomic E-state index is 11.7. The van der Waals surface area contributed by atoms with Crippen LogP contribution in [0.15, 0.2) is 40.8 Å². The minimum Gasteiger partial charge on any atom is -0.497 e. The Balaban J connectivity index is 0.000000166. The summed E-state index contributed by atoms with van der Waals surface area (Å²) >= 11 is 0. The molecule has 10 heteroatoms. The second-order valence-electron chi connectivity index (χ2n) is 8.83. The molecule has 182 valence electrons. The number of methoxy groups -OCH3 is 1. The molecule has 3 aromatic rings. The molecule has 0 aliphatic carbocycles. The number of benzene rings is 1. The van der Waals surface area contributed by atoms with E-state index in [9.17, 15) is 14.4 Å².